The second kappa shape index (κ2) is 8.51. The fourth-order valence-electron chi connectivity index (χ4n) is 4.26. The molecule has 0 aromatic heterocycles. The molecule has 4 rings (SSSR count). The number of likely N-dealkylation sites (tertiary alicyclic amines) is 1. The Morgan fingerprint density at radius 2 is 2.03 bits per heavy atom. The molecule has 2 unspecified atom stereocenters. The minimum absolute atomic E-state index is 0.0174. The van der Waals surface area contributed by atoms with Crippen LogP contribution in [0.4, 0.5) is 8.78 Å². The Kier molecular flexibility index (Phi) is 6.10. The van der Waals surface area contributed by atoms with Gasteiger partial charge in [-0.1, -0.05) is 30.4 Å². The first-order chi connectivity index (χ1) is 14.7. The zero-order valence-corrected chi connectivity index (χ0v) is 18.5. The molecule has 3 aliphatic rings. The number of rotatable bonds is 6. The fourth-order valence-corrected chi connectivity index (χ4v) is 5.06. The third-order valence-corrected chi connectivity index (χ3v) is 7.71. The van der Waals surface area contributed by atoms with E-state index in [1.165, 1.54) is 0 Å². The number of nitrogens with zero attached hydrogens (tertiary/aromatic N) is 1. The third kappa shape index (κ3) is 4.93. The van der Waals surface area contributed by atoms with Crippen molar-refractivity contribution in [3.05, 3.63) is 35.1 Å². The summed E-state index contributed by atoms with van der Waals surface area (Å²) in [6, 6.07) is 2.27. The Morgan fingerprint density at radius 3 is 2.65 bits per heavy atom. The van der Waals surface area contributed by atoms with Crippen LogP contribution in [0.1, 0.15) is 56.6 Å². The number of benzene rings is 1. The Balaban J connectivity index is 1.59. The number of amides is 1. The van der Waals surface area contributed by atoms with E-state index in [2.05, 4.69) is 16.6 Å². The largest absolute Gasteiger partial charge is 0.337 e. The van der Waals surface area contributed by atoms with Crippen LogP contribution < -0.4 is 4.72 Å². The summed E-state index contributed by atoms with van der Waals surface area (Å²) < 4.78 is 54.2. The van der Waals surface area contributed by atoms with Gasteiger partial charge in [-0.05, 0) is 57.1 Å². The molecule has 8 heteroatoms. The Morgan fingerprint density at radius 1 is 1.29 bits per heavy atom. The molecular formula is C23H28F2N2O3S. The maximum absolute atomic E-state index is 15.2. The predicted molar refractivity (Wildman–Crippen MR) is 114 cm³/mol. The van der Waals surface area contributed by atoms with Crippen LogP contribution >= 0.6 is 0 Å². The highest BCUT2D eigenvalue weighted by atomic mass is 32.2. The van der Waals surface area contributed by atoms with Crippen LogP contribution in [0.5, 0.6) is 0 Å². The van der Waals surface area contributed by atoms with Crippen LogP contribution in [0.25, 0.3) is 0 Å². The lowest BCUT2D eigenvalue weighted by atomic mass is 9.84. The summed E-state index contributed by atoms with van der Waals surface area (Å²) in [5.41, 5.74) is 0.659. The van der Waals surface area contributed by atoms with E-state index in [4.69, 9.17) is 0 Å². The summed E-state index contributed by atoms with van der Waals surface area (Å²) in [6.07, 6.45) is 5.19. The number of halogens is 2. The van der Waals surface area contributed by atoms with E-state index < -0.39 is 33.9 Å². The average Bonchev–Trinajstić information content (AvgIpc) is 3.30. The lowest BCUT2D eigenvalue weighted by Crippen LogP contribution is -2.50. The number of carbonyl (C=O) groups is 1. The Hall–Kier alpha value is -1.98. The molecule has 0 spiro atoms. The molecular weight excluding hydrogens is 422 g/mol. The maximum Gasteiger partial charge on any atom is 0.241 e. The Labute approximate surface area is 182 Å². The van der Waals surface area contributed by atoms with E-state index >= 15 is 4.39 Å². The van der Waals surface area contributed by atoms with E-state index in [1.807, 2.05) is 6.92 Å². The number of hydrogen-bond donors (Lipinski definition) is 1. The fraction of sp³-hybridized carbons (Fsp3) is 0.609. The Bertz CT molecular complexity index is 1020. The van der Waals surface area contributed by atoms with Crippen molar-refractivity contribution in [2.45, 2.75) is 64.0 Å². The topological polar surface area (TPSA) is 66.5 Å². The monoisotopic (exact) mass is 450 g/mol. The first kappa shape index (κ1) is 22.2. The SMILES string of the molecule is CC1(C#Cc2cccc(CC3C(NS(=O)(=O)CF)CCN3C(=O)C3CCC3)c2F)CC1. The lowest BCUT2D eigenvalue weighted by molar-refractivity contribution is -0.139. The molecule has 1 aromatic carbocycles. The van der Waals surface area contributed by atoms with Gasteiger partial charge in [-0.2, -0.15) is 0 Å². The predicted octanol–water partition coefficient (Wildman–Crippen LogP) is 3.14. The second-order valence-electron chi connectivity index (χ2n) is 9.26. The van der Waals surface area contributed by atoms with Crippen molar-refractivity contribution in [2.24, 2.45) is 11.3 Å². The van der Waals surface area contributed by atoms with Crippen LogP contribution in [-0.2, 0) is 21.2 Å². The molecule has 1 aromatic rings. The summed E-state index contributed by atoms with van der Waals surface area (Å²) in [5.74, 6) is 5.56. The van der Waals surface area contributed by atoms with Crippen LogP contribution in [0.2, 0.25) is 0 Å². The summed E-state index contributed by atoms with van der Waals surface area (Å²) in [5, 5.41) is 0. The number of alkyl halides is 1. The van der Waals surface area contributed by atoms with Gasteiger partial charge in [0.1, 0.15) is 5.82 Å². The van der Waals surface area contributed by atoms with Gasteiger partial charge in [0.15, 0.2) is 0 Å². The highest BCUT2D eigenvalue weighted by molar-refractivity contribution is 7.89. The average molecular weight is 451 g/mol. The number of nitrogens with one attached hydrogen (secondary N) is 1. The number of hydrogen-bond acceptors (Lipinski definition) is 3. The van der Waals surface area contributed by atoms with Crippen LogP contribution in [0.15, 0.2) is 18.2 Å². The van der Waals surface area contributed by atoms with Crippen LogP contribution in [0, 0.1) is 29.0 Å². The van der Waals surface area contributed by atoms with Crippen molar-refractivity contribution in [1.29, 1.82) is 0 Å². The van der Waals surface area contributed by atoms with E-state index in [-0.39, 0.29) is 23.7 Å². The quantitative estimate of drug-likeness (QED) is 0.678. The van der Waals surface area contributed by atoms with Crippen molar-refractivity contribution >= 4 is 15.9 Å². The zero-order chi connectivity index (χ0) is 22.2. The van der Waals surface area contributed by atoms with Crippen molar-refractivity contribution < 1.29 is 22.0 Å². The van der Waals surface area contributed by atoms with Crippen molar-refractivity contribution in [3.63, 3.8) is 0 Å². The van der Waals surface area contributed by atoms with Gasteiger partial charge in [0.25, 0.3) is 0 Å². The molecule has 168 valence electrons. The smallest absolute Gasteiger partial charge is 0.241 e. The van der Waals surface area contributed by atoms with Crippen molar-refractivity contribution in [2.75, 3.05) is 12.6 Å². The molecule has 2 atom stereocenters. The second-order valence-corrected chi connectivity index (χ2v) is 10.9. The molecule has 1 N–H and O–H groups in total. The van der Waals surface area contributed by atoms with Gasteiger partial charge < -0.3 is 4.90 Å². The summed E-state index contributed by atoms with van der Waals surface area (Å²) in [4.78, 5) is 14.6. The molecule has 2 aliphatic carbocycles. The van der Waals surface area contributed by atoms with Crippen LogP contribution in [-0.4, -0.2) is 43.9 Å². The molecule has 5 nitrogen and oxygen atoms in total. The first-order valence-electron chi connectivity index (χ1n) is 10.9. The van der Waals surface area contributed by atoms with Gasteiger partial charge in [0.2, 0.25) is 21.9 Å². The molecule has 2 saturated carbocycles. The highest BCUT2D eigenvalue weighted by Crippen LogP contribution is 2.44. The van der Waals surface area contributed by atoms with E-state index in [9.17, 15) is 17.6 Å². The van der Waals surface area contributed by atoms with Gasteiger partial charge in [-0.15, -0.1) is 0 Å². The van der Waals surface area contributed by atoms with Crippen LogP contribution in [0.3, 0.4) is 0 Å². The molecule has 1 amide bonds. The molecule has 31 heavy (non-hydrogen) atoms. The molecule has 1 aliphatic heterocycles. The van der Waals surface area contributed by atoms with Gasteiger partial charge in [0.05, 0.1) is 11.6 Å². The van der Waals surface area contributed by atoms with Crippen molar-refractivity contribution in [3.8, 4) is 11.8 Å². The van der Waals surface area contributed by atoms with E-state index in [0.717, 1.165) is 32.1 Å². The lowest BCUT2D eigenvalue weighted by Gasteiger charge is -2.34. The summed E-state index contributed by atoms with van der Waals surface area (Å²) in [6.45, 7) is 2.42. The molecule has 1 saturated heterocycles. The maximum atomic E-state index is 15.2. The standard InChI is InChI=1S/C23H28F2N2O3S/c1-23(11-12-23)10-8-16-4-2-7-18(21(16)25)14-20-19(26-31(29,30)15-24)9-13-27(20)22(28)17-5-3-6-17/h2,4,7,17,19-20,26H,3,5-6,9,11-15H2,1H3. The number of sulfonamides is 1. The highest BCUT2D eigenvalue weighted by Gasteiger charge is 2.42. The van der Waals surface area contributed by atoms with Crippen molar-refractivity contribution in [1.82, 2.24) is 9.62 Å². The molecule has 0 bridgehead atoms. The molecule has 3 fully saturated rings. The first-order valence-corrected chi connectivity index (χ1v) is 12.5. The van der Waals surface area contributed by atoms with Gasteiger partial charge in [-0.3, -0.25) is 4.79 Å². The number of carbonyl (C=O) groups excluding carboxylic acids is 1. The third-order valence-electron chi connectivity index (χ3n) is 6.76. The normalized spacial score (nSPS) is 24.9. The zero-order valence-electron chi connectivity index (χ0n) is 17.7. The molecule has 1 heterocycles. The summed E-state index contributed by atoms with van der Waals surface area (Å²) >= 11 is 0. The van der Waals surface area contributed by atoms with Gasteiger partial charge in [0, 0.05) is 23.9 Å². The minimum Gasteiger partial charge on any atom is -0.337 e. The minimum atomic E-state index is -4.10. The summed E-state index contributed by atoms with van der Waals surface area (Å²) in [7, 11) is -4.10. The van der Waals surface area contributed by atoms with Gasteiger partial charge in [-0.25, -0.2) is 21.9 Å². The van der Waals surface area contributed by atoms with E-state index in [1.54, 1.807) is 23.1 Å². The van der Waals surface area contributed by atoms with Gasteiger partial charge >= 0.3 is 0 Å². The van der Waals surface area contributed by atoms with E-state index in [0.29, 0.717) is 24.1 Å². The molecule has 0 radical (unpaired) electrons.